The highest BCUT2D eigenvalue weighted by atomic mass is 32.1. The van der Waals surface area contributed by atoms with E-state index in [2.05, 4.69) is 126 Å². The highest BCUT2D eigenvalue weighted by molar-refractivity contribution is 7.26. The zero-order valence-electron chi connectivity index (χ0n) is 30.6. The van der Waals surface area contributed by atoms with E-state index in [9.17, 15) is 0 Å². The molecule has 0 saturated carbocycles. The molecule has 6 heteroatoms. The molecule has 0 unspecified atom stereocenters. The lowest BCUT2D eigenvalue weighted by molar-refractivity contribution is 0.669. The fraction of sp³-hybridized carbons (Fsp3) is 0. The molecule has 11 aromatic rings. The van der Waals surface area contributed by atoms with Crippen LogP contribution in [0.5, 0.6) is 0 Å². The van der Waals surface area contributed by atoms with Crippen LogP contribution in [-0.2, 0) is 0 Å². The van der Waals surface area contributed by atoms with E-state index in [1.54, 1.807) is 0 Å². The number of para-hydroxylation sites is 1. The molecule has 0 atom stereocenters. The number of thiophene rings is 1. The summed E-state index contributed by atoms with van der Waals surface area (Å²) in [7, 11) is 0. The summed E-state index contributed by atoms with van der Waals surface area (Å²) in [6.45, 7) is 0. The molecule has 57 heavy (non-hydrogen) atoms. The van der Waals surface area contributed by atoms with Gasteiger partial charge in [0.05, 0.1) is 10.4 Å². The number of anilines is 3. The molecular weight excluding hydrogens is 717 g/mol. The van der Waals surface area contributed by atoms with Crippen LogP contribution in [0.25, 0.3) is 87.4 Å². The summed E-state index contributed by atoms with van der Waals surface area (Å²) in [5, 5.41) is 4.55. The molecule has 0 saturated heterocycles. The Labute approximate surface area is 332 Å². The predicted octanol–water partition coefficient (Wildman–Crippen LogP) is 14.3. The number of benzene rings is 8. The van der Waals surface area contributed by atoms with Crippen molar-refractivity contribution in [2.75, 3.05) is 4.90 Å². The van der Waals surface area contributed by atoms with Gasteiger partial charge in [0, 0.05) is 54.3 Å². The summed E-state index contributed by atoms with van der Waals surface area (Å²) < 4.78 is 9.13. The van der Waals surface area contributed by atoms with Crippen LogP contribution < -0.4 is 4.90 Å². The summed E-state index contributed by atoms with van der Waals surface area (Å²) in [6, 6.07) is 67.4. The first-order valence-corrected chi connectivity index (χ1v) is 19.8. The van der Waals surface area contributed by atoms with Crippen molar-refractivity contribution in [3.05, 3.63) is 194 Å². The van der Waals surface area contributed by atoms with Gasteiger partial charge in [-0.2, -0.15) is 0 Å². The van der Waals surface area contributed by atoms with Gasteiger partial charge in [0.2, 0.25) is 0 Å². The van der Waals surface area contributed by atoms with E-state index in [0.717, 1.165) is 66.8 Å². The third-order valence-electron chi connectivity index (χ3n) is 10.5. The summed E-state index contributed by atoms with van der Waals surface area (Å²) in [6.07, 6.45) is 0. The first kappa shape index (κ1) is 33.0. The molecule has 0 N–H and O–H groups in total. The molecule has 0 aliphatic rings. The average Bonchev–Trinajstić information content (AvgIpc) is 3.86. The lowest BCUT2D eigenvalue weighted by Crippen LogP contribution is -2.09. The van der Waals surface area contributed by atoms with Crippen LogP contribution >= 0.6 is 11.3 Å². The zero-order valence-corrected chi connectivity index (χ0v) is 31.4. The van der Waals surface area contributed by atoms with Crippen molar-refractivity contribution >= 4 is 70.5 Å². The normalized spacial score (nSPS) is 11.5. The fourth-order valence-corrected chi connectivity index (χ4v) is 9.04. The Morgan fingerprint density at radius 3 is 1.74 bits per heavy atom. The molecule has 0 radical (unpaired) electrons. The van der Waals surface area contributed by atoms with Gasteiger partial charge in [-0.15, -0.1) is 11.3 Å². The monoisotopic (exact) mass is 748 g/mol. The molecule has 3 heterocycles. The molecule has 0 spiro atoms. The van der Waals surface area contributed by atoms with E-state index in [1.807, 2.05) is 84.1 Å². The SMILES string of the molecule is c1ccc(-c2nc(-c3ccccc3)nc(-c3cccc4oc5cc(-c6ccc(N(c7ccccc7)c7cccc8c7sc7ccccc78)cc6)ccc5c34)n2)cc1. The van der Waals surface area contributed by atoms with Crippen LogP contribution in [0.1, 0.15) is 0 Å². The Balaban J connectivity index is 0.993. The number of hydrogen-bond acceptors (Lipinski definition) is 6. The minimum Gasteiger partial charge on any atom is -0.456 e. The molecule has 0 aliphatic carbocycles. The quantitative estimate of drug-likeness (QED) is 0.162. The smallest absolute Gasteiger partial charge is 0.164 e. The third-order valence-corrected chi connectivity index (χ3v) is 11.7. The Hall–Kier alpha value is -7.41. The van der Waals surface area contributed by atoms with Crippen LogP contribution in [0, 0.1) is 0 Å². The predicted molar refractivity (Wildman–Crippen MR) is 236 cm³/mol. The van der Waals surface area contributed by atoms with Crippen LogP contribution in [0.3, 0.4) is 0 Å². The van der Waals surface area contributed by atoms with Gasteiger partial charge in [-0.3, -0.25) is 0 Å². The first-order chi connectivity index (χ1) is 28.2. The fourth-order valence-electron chi connectivity index (χ4n) is 7.84. The number of hydrogen-bond donors (Lipinski definition) is 0. The highest BCUT2D eigenvalue weighted by Crippen LogP contribution is 2.45. The number of rotatable bonds is 7. The first-order valence-electron chi connectivity index (χ1n) is 18.9. The highest BCUT2D eigenvalue weighted by Gasteiger charge is 2.20. The Bertz CT molecular complexity index is 3170. The van der Waals surface area contributed by atoms with Crippen molar-refractivity contribution < 1.29 is 4.42 Å². The van der Waals surface area contributed by atoms with E-state index in [0.29, 0.717) is 17.5 Å². The van der Waals surface area contributed by atoms with E-state index in [1.165, 1.54) is 20.2 Å². The van der Waals surface area contributed by atoms with Gasteiger partial charge in [0.1, 0.15) is 11.2 Å². The van der Waals surface area contributed by atoms with Gasteiger partial charge in [-0.25, -0.2) is 15.0 Å². The summed E-state index contributed by atoms with van der Waals surface area (Å²) in [5.41, 5.74) is 9.90. The van der Waals surface area contributed by atoms with E-state index < -0.39 is 0 Å². The van der Waals surface area contributed by atoms with Crippen LogP contribution in [0.4, 0.5) is 17.1 Å². The van der Waals surface area contributed by atoms with Crippen molar-refractivity contribution in [3.63, 3.8) is 0 Å². The summed E-state index contributed by atoms with van der Waals surface area (Å²) in [5.74, 6) is 1.85. The Kier molecular flexibility index (Phi) is 7.93. The van der Waals surface area contributed by atoms with E-state index in [-0.39, 0.29) is 0 Å². The molecule has 268 valence electrons. The molecular formula is C51H32N4OS. The summed E-state index contributed by atoms with van der Waals surface area (Å²) >= 11 is 1.84. The van der Waals surface area contributed by atoms with Gasteiger partial charge < -0.3 is 9.32 Å². The van der Waals surface area contributed by atoms with E-state index in [4.69, 9.17) is 19.4 Å². The molecule has 11 rings (SSSR count). The minimum atomic E-state index is 0.602. The number of aromatic nitrogens is 3. The second kappa shape index (κ2) is 13.7. The van der Waals surface area contributed by atoms with Crippen molar-refractivity contribution in [2.45, 2.75) is 0 Å². The van der Waals surface area contributed by atoms with Crippen molar-refractivity contribution in [1.29, 1.82) is 0 Å². The van der Waals surface area contributed by atoms with Gasteiger partial charge in [-0.1, -0.05) is 140 Å². The minimum absolute atomic E-state index is 0.602. The number of nitrogens with zero attached hydrogens (tertiary/aromatic N) is 4. The second-order valence-electron chi connectivity index (χ2n) is 14.0. The average molecular weight is 749 g/mol. The second-order valence-corrected chi connectivity index (χ2v) is 15.1. The van der Waals surface area contributed by atoms with Crippen molar-refractivity contribution in [3.8, 4) is 45.3 Å². The molecule has 0 amide bonds. The van der Waals surface area contributed by atoms with E-state index >= 15 is 0 Å². The molecule has 8 aromatic carbocycles. The van der Waals surface area contributed by atoms with Gasteiger partial charge >= 0.3 is 0 Å². The van der Waals surface area contributed by atoms with Gasteiger partial charge in [0.15, 0.2) is 17.5 Å². The molecule has 0 fully saturated rings. The molecule has 0 bridgehead atoms. The summed E-state index contributed by atoms with van der Waals surface area (Å²) in [4.78, 5) is 17.3. The van der Waals surface area contributed by atoms with Crippen molar-refractivity contribution in [1.82, 2.24) is 15.0 Å². The van der Waals surface area contributed by atoms with Crippen molar-refractivity contribution in [2.24, 2.45) is 0 Å². The topological polar surface area (TPSA) is 55.1 Å². The lowest BCUT2D eigenvalue weighted by Gasteiger charge is -2.26. The number of fused-ring (bicyclic) bond motifs is 6. The maximum Gasteiger partial charge on any atom is 0.164 e. The molecule has 5 nitrogen and oxygen atoms in total. The third kappa shape index (κ3) is 5.82. The lowest BCUT2D eigenvalue weighted by atomic mass is 10.0. The molecule has 0 aliphatic heterocycles. The Morgan fingerprint density at radius 1 is 0.404 bits per heavy atom. The van der Waals surface area contributed by atoms with Gasteiger partial charge in [0.25, 0.3) is 0 Å². The van der Waals surface area contributed by atoms with Crippen LogP contribution in [0.2, 0.25) is 0 Å². The number of furan rings is 1. The van der Waals surface area contributed by atoms with Crippen LogP contribution in [-0.4, -0.2) is 15.0 Å². The maximum absolute atomic E-state index is 6.57. The van der Waals surface area contributed by atoms with Crippen LogP contribution in [0.15, 0.2) is 199 Å². The standard InChI is InChI=1S/C51H32N4OS/c1-4-14-34(15-5-1)49-52-50(35-16-6-2-7-17-35)54-51(53-49)42-22-13-24-44-47(42)41-31-28-36(32-45(41)56-44)33-26-29-38(30-27-33)55(37-18-8-3-9-19-37)43-23-12-21-40-39-20-10-11-25-46(39)57-48(40)43/h1-32H. The molecule has 3 aromatic heterocycles. The maximum atomic E-state index is 6.57. The Morgan fingerprint density at radius 2 is 1.00 bits per heavy atom. The zero-order chi connectivity index (χ0) is 37.7. The largest absolute Gasteiger partial charge is 0.456 e. The van der Waals surface area contributed by atoms with Gasteiger partial charge in [-0.05, 0) is 65.7 Å².